The number of carbonyl (C=O) groups is 1. The van der Waals surface area contributed by atoms with Gasteiger partial charge in [0.05, 0.1) is 16.7 Å². The molecule has 0 fully saturated rings. The van der Waals surface area contributed by atoms with Crippen molar-refractivity contribution in [3.8, 4) is 11.3 Å². The first-order valence-electron chi connectivity index (χ1n) is 8.31. The molecule has 1 N–H and O–H groups in total. The smallest absolute Gasteiger partial charge is 0.255 e. The van der Waals surface area contributed by atoms with Crippen molar-refractivity contribution in [1.82, 2.24) is 19.4 Å². The lowest BCUT2D eigenvalue weighted by molar-refractivity contribution is 0.102. The van der Waals surface area contributed by atoms with E-state index in [4.69, 9.17) is 0 Å². The minimum absolute atomic E-state index is 0.183. The van der Waals surface area contributed by atoms with E-state index in [0.717, 1.165) is 27.4 Å². The Kier molecular flexibility index (Phi) is 3.65. The van der Waals surface area contributed by atoms with Gasteiger partial charge < -0.3 is 5.32 Å². The highest BCUT2D eigenvalue weighted by molar-refractivity contribution is 7.15. The number of benzene rings is 2. The van der Waals surface area contributed by atoms with Crippen molar-refractivity contribution in [3.63, 3.8) is 0 Å². The molecule has 7 heteroatoms. The SMILES string of the molecule is O=C(Nc1ccc(-c2cn3ccsc3n2)cc1)c1ccc2nccnc2c1. The predicted molar refractivity (Wildman–Crippen MR) is 106 cm³/mol. The van der Waals surface area contributed by atoms with Crippen molar-refractivity contribution in [2.24, 2.45) is 0 Å². The minimum Gasteiger partial charge on any atom is -0.322 e. The van der Waals surface area contributed by atoms with Crippen LogP contribution < -0.4 is 5.32 Å². The second-order valence-electron chi connectivity index (χ2n) is 6.01. The van der Waals surface area contributed by atoms with Crippen LogP contribution in [0.3, 0.4) is 0 Å². The predicted octanol–water partition coefficient (Wildman–Crippen LogP) is 4.26. The van der Waals surface area contributed by atoms with Gasteiger partial charge in [0.25, 0.3) is 5.91 Å². The van der Waals surface area contributed by atoms with E-state index in [1.165, 1.54) is 0 Å². The van der Waals surface area contributed by atoms with Gasteiger partial charge in [-0.05, 0) is 30.3 Å². The zero-order chi connectivity index (χ0) is 18.2. The van der Waals surface area contributed by atoms with E-state index in [1.54, 1.807) is 41.9 Å². The molecule has 0 atom stereocenters. The number of imidazole rings is 1. The molecule has 0 saturated carbocycles. The van der Waals surface area contributed by atoms with Crippen LogP contribution in [0.1, 0.15) is 10.4 Å². The molecule has 6 nitrogen and oxygen atoms in total. The van der Waals surface area contributed by atoms with Crippen LogP contribution >= 0.6 is 11.3 Å². The van der Waals surface area contributed by atoms with Gasteiger partial charge in [0.2, 0.25) is 0 Å². The van der Waals surface area contributed by atoms with Crippen molar-refractivity contribution in [2.75, 3.05) is 5.32 Å². The number of anilines is 1. The Labute approximate surface area is 158 Å². The summed E-state index contributed by atoms with van der Waals surface area (Å²) in [7, 11) is 0. The van der Waals surface area contributed by atoms with Crippen LogP contribution in [0.5, 0.6) is 0 Å². The van der Waals surface area contributed by atoms with Crippen molar-refractivity contribution in [1.29, 1.82) is 0 Å². The van der Waals surface area contributed by atoms with Crippen molar-refractivity contribution in [3.05, 3.63) is 78.2 Å². The number of amides is 1. The van der Waals surface area contributed by atoms with E-state index in [2.05, 4.69) is 20.3 Å². The Hall–Kier alpha value is -3.58. The third-order valence-corrected chi connectivity index (χ3v) is 5.03. The molecular weight excluding hydrogens is 358 g/mol. The number of rotatable bonds is 3. The van der Waals surface area contributed by atoms with Gasteiger partial charge in [0.15, 0.2) is 4.96 Å². The number of fused-ring (bicyclic) bond motifs is 2. The second kappa shape index (κ2) is 6.30. The van der Waals surface area contributed by atoms with Crippen molar-refractivity contribution in [2.45, 2.75) is 0 Å². The summed E-state index contributed by atoms with van der Waals surface area (Å²) in [4.78, 5) is 26.5. The highest BCUT2D eigenvalue weighted by Crippen LogP contribution is 2.23. The average molecular weight is 371 g/mol. The molecule has 0 radical (unpaired) electrons. The monoisotopic (exact) mass is 371 g/mol. The van der Waals surface area contributed by atoms with Crippen LogP contribution in [0, 0.1) is 0 Å². The van der Waals surface area contributed by atoms with Crippen LogP contribution in [0.2, 0.25) is 0 Å². The molecule has 0 aliphatic heterocycles. The van der Waals surface area contributed by atoms with Crippen LogP contribution in [-0.2, 0) is 0 Å². The maximum atomic E-state index is 12.5. The molecule has 27 heavy (non-hydrogen) atoms. The van der Waals surface area contributed by atoms with E-state index in [1.807, 2.05) is 46.4 Å². The Balaban J connectivity index is 1.36. The fraction of sp³-hybridized carbons (Fsp3) is 0. The average Bonchev–Trinajstić information content (AvgIpc) is 3.30. The Bertz CT molecular complexity index is 1240. The molecule has 130 valence electrons. The largest absolute Gasteiger partial charge is 0.322 e. The Morgan fingerprint density at radius 1 is 1.00 bits per heavy atom. The molecule has 0 bridgehead atoms. The number of aromatic nitrogens is 4. The molecule has 5 aromatic rings. The number of hydrogen-bond acceptors (Lipinski definition) is 5. The maximum absolute atomic E-state index is 12.5. The van der Waals surface area contributed by atoms with Gasteiger partial charge in [0, 0.05) is 47.0 Å². The Morgan fingerprint density at radius 2 is 1.81 bits per heavy atom. The first kappa shape index (κ1) is 15.7. The number of hydrogen-bond donors (Lipinski definition) is 1. The number of nitrogens with zero attached hydrogens (tertiary/aromatic N) is 4. The summed E-state index contributed by atoms with van der Waals surface area (Å²) in [5.74, 6) is -0.183. The summed E-state index contributed by atoms with van der Waals surface area (Å²) in [5, 5.41) is 4.92. The fourth-order valence-electron chi connectivity index (χ4n) is 2.90. The molecule has 2 aromatic carbocycles. The van der Waals surface area contributed by atoms with E-state index in [9.17, 15) is 4.79 Å². The highest BCUT2D eigenvalue weighted by Gasteiger charge is 2.09. The molecule has 5 rings (SSSR count). The number of thiazole rings is 1. The fourth-order valence-corrected chi connectivity index (χ4v) is 3.60. The van der Waals surface area contributed by atoms with Gasteiger partial charge >= 0.3 is 0 Å². The summed E-state index contributed by atoms with van der Waals surface area (Å²) in [6.07, 6.45) is 7.23. The summed E-state index contributed by atoms with van der Waals surface area (Å²) < 4.78 is 2.00. The van der Waals surface area contributed by atoms with Crippen LogP contribution in [0.15, 0.2) is 72.6 Å². The lowest BCUT2D eigenvalue weighted by Gasteiger charge is -2.06. The van der Waals surface area contributed by atoms with Gasteiger partial charge in [-0.25, -0.2) is 4.98 Å². The summed E-state index contributed by atoms with van der Waals surface area (Å²) in [6.45, 7) is 0. The molecule has 1 amide bonds. The third kappa shape index (κ3) is 2.94. The van der Waals surface area contributed by atoms with Gasteiger partial charge in [-0.1, -0.05) is 12.1 Å². The molecule has 0 aliphatic rings. The third-order valence-electron chi connectivity index (χ3n) is 4.26. The summed E-state index contributed by atoms with van der Waals surface area (Å²) in [6, 6.07) is 12.9. The van der Waals surface area contributed by atoms with Gasteiger partial charge in [-0.15, -0.1) is 11.3 Å². The van der Waals surface area contributed by atoms with Crippen LogP contribution in [0.4, 0.5) is 5.69 Å². The zero-order valence-electron chi connectivity index (χ0n) is 14.0. The summed E-state index contributed by atoms with van der Waals surface area (Å²) >= 11 is 1.60. The molecule has 0 saturated heterocycles. The second-order valence-corrected chi connectivity index (χ2v) is 6.88. The van der Waals surface area contributed by atoms with Crippen molar-refractivity contribution >= 4 is 38.9 Å². The van der Waals surface area contributed by atoms with Crippen molar-refractivity contribution < 1.29 is 4.79 Å². The molecule has 3 aromatic heterocycles. The summed E-state index contributed by atoms with van der Waals surface area (Å²) in [5.41, 5.74) is 4.64. The molecule has 3 heterocycles. The van der Waals surface area contributed by atoms with E-state index in [-0.39, 0.29) is 5.91 Å². The molecule has 0 aliphatic carbocycles. The lowest BCUT2D eigenvalue weighted by atomic mass is 10.1. The number of nitrogens with one attached hydrogen (secondary N) is 1. The van der Waals surface area contributed by atoms with Gasteiger partial charge in [-0.2, -0.15) is 0 Å². The number of carbonyl (C=O) groups excluding carboxylic acids is 1. The standard InChI is InChI=1S/C20H13N5OS/c26-19(14-3-6-16-17(11-14)22-8-7-21-16)23-15-4-1-13(2-5-15)18-12-25-9-10-27-20(25)24-18/h1-12H,(H,23,26). The topological polar surface area (TPSA) is 72.2 Å². The first-order chi connectivity index (χ1) is 13.3. The normalized spacial score (nSPS) is 11.1. The van der Waals surface area contributed by atoms with Gasteiger partial charge in [-0.3, -0.25) is 19.2 Å². The Morgan fingerprint density at radius 3 is 2.63 bits per heavy atom. The quantitative estimate of drug-likeness (QED) is 0.514. The maximum Gasteiger partial charge on any atom is 0.255 e. The lowest BCUT2D eigenvalue weighted by Crippen LogP contribution is -2.11. The zero-order valence-corrected chi connectivity index (χ0v) is 14.9. The van der Waals surface area contributed by atoms with Crippen LogP contribution in [-0.4, -0.2) is 25.3 Å². The molecule has 0 spiro atoms. The van der Waals surface area contributed by atoms with E-state index >= 15 is 0 Å². The highest BCUT2D eigenvalue weighted by atomic mass is 32.1. The first-order valence-corrected chi connectivity index (χ1v) is 9.19. The van der Waals surface area contributed by atoms with Gasteiger partial charge in [0.1, 0.15) is 0 Å². The van der Waals surface area contributed by atoms with E-state index < -0.39 is 0 Å². The van der Waals surface area contributed by atoms with Crippen LogP contribution in [0.25, 0.3) is 27.3 Å². The van der Waals surface area contributed by atoms with E-state index in [0.29, 0.717) is 11.1 Å². The minimum atomic E-state index is -0.183. The molecular formula is C20H13N5OS. The molecule has 0 unspecified atom stereocenters.